The van der Waals surface area contributed by atoms with Gasteiger partial charge in [-0.3, -0.25) is 9.59 Å². The number of allylic oxidation sites excluding steroid dienone is 1. The lowest BCUT2D eigenvalue weighted by Gasteiger charge is -2.31. The Labute approximate surface area is 181 Å². The molecular formula is C20H28F8O4. The third-order valence-corrected chi connectivity index (χ3v) is 4.39. The highest BCUT2D eigenvalue weighted by Crippen LogP contribution is 2.48. The molecule has 4 nitrogen and oxygen atoms in total. The molecule has 0 N–H and O–H groups in total. The predicted octanol–water partition coefficient (Wildman–Crippen LogP) is 6.33. The van der Waals surface area contributed by atoms with Crippen molar-refractivity contribution in [2.24, 2.45) is 0 Å². The Kier molecular flexibility index (Phi) is 13.5. The summed E-state index contributed by atoms with van der Waals surface area (Å²) in [5, 5.41) is 0. The fourth-order valence-electron chi connectivity index (χ4n) is 2.45. The van der Waals surface area contributed by atoms with Crippen LogP contribution in [0, 0.1) is 0 Å². The lowest BCUT2D eigenvalue weighted by molar-refractivity contribution is -0.344. The van der Waals surface area contributed by atoms with E-state index in [0.717, 1.165) is 38.5 Å². The first-order valence-corrected chi connectivity index (χ1v) is 10.1. The average molecular weight is 484 g/mol. The van der Waals surface area contributed by atoms with Gasteiger partial charge in [0.2, 0.25) is 0 Å². The molecule has 0 saturated carbocycles. The molecule has 0 aromatic heterocycles. The van der Waals surface area contributed by atoms with Crippen LogP contribution in [0.2, 0.25) is 0 Å². The second-order valence-electron chi connectivity index (χ2n) is 7.14. The molecule has 0 aliphatic rings. The lowest BCUT2D eigenvalue weighted by atomic mass is 10.1. The molecule has 0 unspecified atom stereocenters. The van der Waals surface area contributed by atoms with Crippen LogP contribution in [-0.2, 0) is 19.1 Å². The number of ether oxygens (including phenoxy) is 2. The van der Waals surface area contributed by atoms with Crippen LogP contribution >= 0.6 is 0 Å². The summed E-state index contributed by atoms with van der Waals surface area (Å²) in [7, 11) is 0. The van der Waals surface area contributed by atoms with E-state index in [1.165, 1.54) is 0 Å². The number of rotatable bonds is 18. The quantitative estimate of drug-likeness (QED) is 0.0988. The molecule has 0 bridgehead atoms. The minimum atomic E-state index is -6.44. The zero-order chi connectivity index (χ0) is 24.8. The van der Waals surface area contributed by atoms with E-state index in [9.17, 15) is 44.7 Å². The van der Waals surface area contributed by atoms with Gasteiger partial charge in [0.15, 0.2) is 6.61 Å². The van der Waals surface area contributed by atoms with E-state index in [0.29, 0.717) is 6.42 Å². The fourth-order valence-corrected chi connectivity index (χ4v) is 2.45. The van der Waals surface area contributed by atoms with Crippen molar-refractivity contribution in [3.8, 4) is 0 Å². The second kappa shape index (κ2) is 14.3. The molecule has 0 amide bonds. The van der Waals surface area contributed by atoms with Gasteiger partial charge < -0.3 is 9.47 Å². The van der Waals surface area contributed by atoms with Crippen LogP contribution in [0.15, 0.2) is 12.7 Å². The maximum Gasteiger partial charge on any atom is 0.381 e. The van der Waals surface area contributed by atoms with Crippen molar-refractivity contribution in [3.05, 3.63) is 12.7 Å². The summed E-state index contributed by atoms with van der Waals surface area (Å²) in [6.45, 7) is 1.28. The number of carbonyl (C=O) groups excluding carboxylic acids is 2. The van der Waals surface area contributed by atoms with E-state index >= 15 is 0 Å². The van der Waals surface area contributed by atoms with E-state index in [1.54, 1.807) is 0 Å². The summed E-state index contributed by atoms with van der Waals surface area (Å²) in [4.78, 5) is 22.8. The maximum atomic E-state index is 13.3. The normalized spacial score (nSPS) is 12.7. The minimum absolute atomic E-state index is 0.162. The molecule has 0 heterocycles. The van der Waals surface area contributed by atoms with Gasteiger partial charge in [0.25, 0.3) is 0 Å². The monoisotopic (exact) mass is 484 g/mol. The van der Waals surface area contributed by atoms with Gasteiger partial charge in [-0.05, 0) is 25.7 Å². The van der Waals surface area contributed by atoms with Crippen molar-refractivity contribution in [1.82, 2.24) is 0 Å². The van der Waals surface area contributed by atoms with Gasteiger partial charge in [0.1, 0.15) is 0 Å². The first-order chi connectivity index (χ1) is 14.8. The SMILES string of the molecule is C=CCCCCCCCCOC(=O)CCCC(=O)OCC(F)(F)C(F)(F)C(F)(F)C(F)F. The van der Waals surface area contributed by atoms with Crippen LogP contribution in [0.5, 0.6) is 0 Å². The highest BCUT2D eigenvalue weighted by Gasteiger charge is 2.75. The van der Waals surface area contributed by atoms with Crippen LogP contribution < -0.4 is 0 Å². The van der Waals surface area contributed by atoms with Crippen LogP contribution in [0.3, 0.4) is 0 Å². The van der Waals surface area contributed by atoms with Gasteiger partial charge in [-0.1, -0.05) is 31.8 Å². The summed E-state index contributed by atoms with van der Waals surface area (Å²) in [6, 6.07) is 0. The first-order valence-electron chi connectivity index (χ1n) is 10.1. The Morgan fingerprint density at radius 2 is 1.28 bits per heavy atom. The van der Waals surface area contributed by atoms with Gasteiger partial charge in [-0.2, -0.15) is 26.3 Å². The first kappa shape index (κ1) is 30.1. The molecule has 188 valence electrons. The smallest absolute Gasteiger partial charge is 0.381 e. The molecular weight excluding hydrogens is 456 g/mol. The number of esters is 2. The van der Waals surface area contributed by atoms with Crippen molar-refractivity contribution in [1.29, 1.82) is 0 Å². The van der Waals surface area contributed by atoms with Crippen molar-refractivity contribution in [2.45, 2.75) is 88.4 Å². The molecule has 0 rings (SSSR count). The van der Waals surface area contributed by atoms with Gasteiger partial charge in [0, 0.05) is 12.8 Å². The highest BCUT2D eigenvalue weighted by atomic mass is 19.4. The second-order valence-corrected chi connectivity index (χ2v) is 7.14. The fraction of sp³-hybridized carbons (Fsp3) is 0.800. The third kappa shape index (κ3) is 10.2. The molecule has 0 radical (unpaired) electrons. The van der Waals surface area contributed by atoms with E-state index in [-0.39, 0.29) is 19.4 Å². The van der Waals surface area contributed by atoms with E-state index < -0.39 is 49.2 Å². The number of unbranched alkanes of at least 4 members (excludes halogenated alkanes) is 6. The van der Waals surface area contributed by atoms with Crippen LogP contribution in [0.1, 0.15) is 64.2 Å². The van der Waals surface area contributed by atoms with Crippen LogP contribution in [0.25, 0.3) is 0 Å². The molecule has 0 aliphatic heterocycles. The van der Waals surface area contributed by atoms with Crippen molar-refractivity contribution in [2.75, 3.05) is 13.2 Å². The topological polar surface area (TPSA) is 52.6 Å². The molecule has 0 saturated heterocycles. The molecule has 0 atom stereocenters. The number of halogens is 8. The Morgan fingerprint density at radius 1 is 0.781 bits per heavy atom. The average Bonchev–Trinajstić information content (AvgIpc) is 2.70. The zero-order valence-electron chi connectivity index (χ0n) is 17.5. The Morgan fingerprint density at radius 3 is 1.81 bits per heavy atom. The van der Waals surface area contributed by atoms with E-state index in [1.807, 2.05) is 6.08 Å². The zero-order valence-corrected chi connectivity index (χ0v) is 17.5. The summed E-state index contributed by atoms with van der Waals surface area (Å²) < 4.78 is 111. The van der Waals surface area contributed by atoms with E-state index in [4.69, 9.17) is 4.74 Å². The molecule has 0 aliphatic carbocycles. The maximum absolute atomic E-state index is 13.3. The molecule has 0 aromatic rings. The van der Waals surface area contributed by atoms with Gasteiger partial charge in [-0.25, -0.2) is 8.78 Å². The number of hydrogen-bond acceptors (Lipinski definition) is 4. The van der Waals surface area contributed by atoms with E-state index in [2.05, 4.69) is 11.3 Å². The number of carbonyl (C=O) groups is 2. The summed E-state index contributed by atoms with van der Waals surface area (Å²) in [5.41, 5.74) is 0. The summed E-state index contributed by atoms with van der Waals surface area (Å²) in [5.74, 6) is -20.6. The van der Waals surface area contributed by atoms with Crippen molar-refractivity contribution >= 4 is 11.9 Å². The van der Waals surface area contributed by atoms with Crippen molar-refractivity contribution in [3.63, 3.8) is 0 Å². The Hall–Kier alpha value is -1.88. The highest BCUT2D eigenvalue weighted by molar-refractivity contribution is 5.72. The van der Waals surface area contributed by atoms with Gasteiger partial charge >= 0.3 is 36.1 Å². The standard InChI is InChI=1S/C20H28F8O4/c1-2-3-4-5-6-7-8-9-13-31-15(29)11-10-12-16(30)32-14-18(23,24)20(27,28)19(25,26)17(21)22/h2,17H,1,3-14H2. The number of alkyl halides is 8. The van der Waals surface area contributed by atoms with Crippen molar-refractivity contribution < 1.29 is 54.2 Å². The summed E-state index contributed by atoms with van der Waals surface area (Å²) in [6.07, 6.45) is 2.28. The van der Waals surface area contributed by atoms with Crippen LogP contribution in [-0.4, -0.2) is 49.3 Å². The molecule has 0 aromatic carbocycles. The predicted molar refractivity (Wildman–Crippen MR) is 99.1 cm³/mol. The lowest BCUT2D eigenvalue weighted by Crippen LogP contribution is -2.59. The molecule has 0 fully saturated rings. The third-order valence-electron chi connectivity index (χ3n) is 4.39. The summed E-state index contributed by atoms with van der Waals surface area (Å²) >= 11 is 0. The molecule has 0 spiro atoms. The largest absolute Gasteiger partial charge is 0.466 e. The van der Waals surface area contributed by atoms with Gasteiger partial charge in [0.05, 0.1) is 6.61 Å². The van der Waals surface area contributed by atoms with Crippen LogP contribution in [0.4, 0.5) is 35.1 Å². The molecule has 12 heteroatoms. The minimum Gasteiger partial charge on any atom is -0.466 e. The van der Waals surface area contributed by atoms with Gasteiger partial charge in [-0.15, -0.1) is 6.58 Å². The molecule has 32 heavy (non-hydrogen) atoms. The Balaban J connectivity index is 4.05. The number of hydrogen-bond donors (Lipinski definition) is 0. The Bertz CT molecular complexity index is 582.